The quantitative estimate of drug-likeness (QED) is 0.731. The molecule has 0 aliphatic carbocycles. The van der Waals surface area contributed by atoms with Gasteiger partial charge >= 0.3 is 5.97 Å². The predicted molar refractivity (Wildman–Crippen MR) is 56.8 cm³/mol. The number of hydrogen-bond donors (Lipinski definition) is 1. The van der Waals surface area contributed by atoms with E-state index in [9.17, 15) is 4.79 Å². The first-order chi connectivity index (χ1) is 6.27. The van der Waals surface area contributed by atoms with Gasteiger partial charge in [-0.2, -0.15) is 0 Å². The summed E-state index contributed by atoms with van der Waals surface area (Å²) < 4.78 is 0. The van der Waals surface area contributed by atoms with E-state index in [-0.39, 0.29) is 18.3 Å². The van der Waals surface area contributed by atoms with Crippen LogP contribution in [0.2, 0.25) is 0 Å². The summed E-state index contributed by atoms with van der Waals surface area (Å²) in [4.78, 5) is 13.2. The third-order valence-electron chi connectivity index (χ3n) is 3.40. The van der Waals surface area contributed by atoms with Crippen molar-refractivity contribution in [1.29, 1.82) is 0 Å². The molecule has 82 valence electrons. The van der Waals surface area contributed by atoms with Gasteiger partial charge < -0.3 is 5.11 Å². The Morgan fingerprint density at radius 2 is 2.00 bits per heavy atom. The van der Waals surface area contributed by atoms with E-state index in [1.54, 1.807) is 0 Å². The van der Waals surface area contributed by atoms with Gasteiger partial charge in [-0.15, -0.1) is 12.4 Å². The summed E-state index contributed by atoms with van der Waals surface area (Å²) >= 11 is 0. The number of aliphatic carboxylic acids is 1. The van der Waals surface area contributed by atoms with Gasteiger partial charge in [0, 0.05) is 12.6 Å². The van der Waals surface area contributed by atoms with Crippen molar-refractivity contribution in [2.45, 2.75) is 38.1 Å². The van der Waals surface area contributed by atoms with Gasteiger partial charge in [0.2, 0.25) is 0 Å². The SMILES string of the molecule is Cl.O=C(O)C1CCC2CCCCN2C1. The van der Waals surface area contributed by atoms with Crippen LogP contribution in [0.25, 0.3) is 0 Å². The largest absolute Gasteiger partial charge is 0.481 e. The number of halogens is 1. The number of carboxylic acids is 1. The van der Waals surface area contributed by atoms with E-state index in [2.05, 4.69) is 4.90 Å². The van der Waals surface area contributed by atoms with Gasteiger partial charge in [0.25, 0.3) is 0 Å². The van der Waals surface area contributed by atoms with E-state index in [1.807, 2.05) is 0 Å². The molecule has 3 nitrogen and oxygen atoms in total. The highest BCUT2D eigenvalue weighted by atomic mass is 35.5. The van der Waals surface area contributed by atoms with Crippen molar-refractivity contribution in [1.82, 2.24) is 4.90 Å². The molecule has 2 aliphatic rings. The van der Waals surface area contributed by atoms with E-state index in [0.717, 1.165) is 25.9 Å². The lowest BCUT2D eigenvalue weighted by Crippen LogP contribution is -2.47. The summed E-state index contributed by atoms with van der Waals surface area (Å²) in [6.07, 6.45) is 5.85. The second kappa shape index (κ2) is 4.99. The zero-order valence-electron chi connectivity index (χ0n) is 8.32. The Labute approximate surface area is 90.9 Å². The summed E-state index contributed by atoms with van der Waals surface area (Å²) in [5.74, 6) is -0.710. The minimum Gasteiger partial charge on any atom is -0.481 e. The van der Waals surface area contributed by atoms with Crippen LogP contribution in [-0.2, 0) is 4.79 Å². The third kappa shape index (κ3) is 2.39. The molecule has 2 heterocycles. The fraction of sp³-hybridized carbons (Fsp3) is 0.900. The second-order valence-corrected chi connectivity index (χ2v) is 4.26. The number of fused-ring (bicyclic) bond motifs is 1. The highest BCUT2D eigenvalue weighted by Gasteiger charge is 2.32. The van der Waals surface area contributed by atoms with Gasteiger partial charge in [-0.25, -0.2) is 0 Å². The van der Waals surface area contributed by atoms with Crippen molar-refractivity contribution >= 4 is 18.4 Å². The Bertz CT molecular complexity index is 210. The normalized spacial score (nSPS) is 32.9. The minimum absolute atomic E-state index is 0. The maximum atomic E-state index is 10.8. The Balaban J connectivity index is 0.000000980. The Hall–Kier alpha value is -0.280. The molecule has 0 spiro atoms. The first kappa shape index (κ1) is 11.8. The predicted octanol–water partition coefficient (Wildman–Crippen LogP) is 1.76. The van der Waals surface area contributed by atoms with Gasteiger partial charge in [-0.3, -0.25) is 9.69 Å². The Morgan fingerprint density at radius 3 is 2.71 bits per heavy atom. The van der Waals surface area contributed by atoms with Gasteiger partial charge in [0.05, 0.1) is 5.92 Å². The molecule has 2 aliphatic heterocycles. The van der Waals surface area contributed by atoms with E-state index in [4.69, 9.17) is 5.11 Å². The highest BCUT2D eigenvalue weighted by molar-refractivity contribution is 5.85. The average molecular weight is 220 g/mol. The molecule has 0 bridgehead atoms. The van der Waals surface area contributed by atoms with Crippen LogP contribution in [0.5, 0.6) is 0 Å². The van der Waals surface area contributed by atoms with E-state index in [0.29, 0.717) is 6.04 Å². The topological polar surface area (TPSA) is 40.5 Å². The standard InChI is InChI=1S/C10H17NO2.ClH/c12-10(13)8-4-5-9-3-1-2-6-11(9)7-8;/h8-9H,1-7H2,(H,12,13);1H. The minimum atomic E-state index is -0.607. The lowest BCUT2D eigenvalue weighted by atomic mass is 9.88. The van der Waals surface area contributed by atoms with Crippen LogP contribution in [0.3, 0.4) is 0 Å². The first-order valence-electron chi connectivity index (χ1n) is 5.24. The number of carbonyl (C=O) groups is 1. The maximum absolute atomic E-state index is 10.8. The summed E-state index contributed by atoms with van der Waals surface area (Å²) in [6.45, 7) is 1.91. The van der Waals surface area contributed by atoms with Gasteiger partial charge in [-0.1, -0.05) is 6.42 Å². The molecule has 0 radical (unpaired) electrons. The maximum Gasteiger partial charge on any atom is 0.307 e. The van der Waals surface area contributed by atoms with Gasteiger partial charge in [0.1, 0.15) is 0 Å². The molecule has 2 fully saturated rings. The van der Waals surface area contributed by atoms with Crippen molar-refractivity contribution < 1.29 is 9.90 Å². The summed E-state index contributed by atoms with van der Waals surface area (Å²) in [6, 6.07) is 0.698. The van der Waals surface area contributed by atoms with Crippen molar-refractivity contribution in [2.75, 3.05) is 13.1 Å². The van der Waals surface area contributed by atoms with Crippen molar-refractivity contribution in [3.05, 3.63) is 0 Å². The molecule has 0 aromatic rings. The van der Waals surface area contributed by atoms with Crippen LogP contribution in [0, 0.1) is 5.92 Å². The van der Waals surface area contributed by atoms with Gasteiger partial charge in [0.15, 0.2) is 0 Å². The van der Waals surface area contributed by atoms with Crippen LogP contribution < -0.4 is 0 Å². The van der Waals surface area contributed by atoms with Crippen LogP contribution in [0.1, 0.15) is 32.1 Å². The molecule has 0 aromatic carbocycles. The number of hydrogen-bond acceptors (Lipinski definition) is 2. The monoisotopic (exact) mass is 219 g/mol. The molecule has 0 aromatic heterocycles. The molecule has 14 heavy (non-hydrogen) atoms. The molecule has 2 atom stereocenters. The molecule has 2 unspecified atom stereocenters. The van der Waals surface area contributed by atoms with Crippen LogP contribution in [0.15, 0.2) is 0 Å². The molecular weight excluding hydrogens is 202 g/mol. The van der Waals surface area contributed by atoms with E-state index >= 15 is 0 Å². The van der Waals surface area contributed by atoms with Crippen LogP contribution in [0.4, 0.5) is 0 Å². The van der Waals surface area contributed by atoms with Crippen molar-refractivity contribution in [3.63, 3.8) is 0 Å². The fourth-order valence-corrected chi connectivity index (χ4v) is 2.60. The van der Waals surface area contributed by atoms with Crippen LogP contribution in [-0.4, -0.2) is 35.1 Å². The summed E-state index contributed by atoms with van der Waals surface area (Å²) in [5, 5.41) is 8.90. The number of nitrogens with zero attached hydrogens (tertiary/aromatic N) is 1. The Morgan fingerprint density at radius 1 is 1.21 bits per heavy atom. The molecule has 1 N–H and O–H groups in total. The smallest absolute Gasteiger partial charge is 0.307 e. The summed E-state index contributed by atoms with van der Waals surface area (Å²) in [7, 11) is 0. The Kier molecular flexibility index (Phi) is 4.20. The second-order valence-electron chi connectivity index (χ2n) is 4.26. The van der Waals surface area contributed by atoms with E-state index in [1.165, 1.54) is 19.3 Å². The molecule has 0 amide bonds. The van der Waals surface area contributed by atoms with E-state index < -0.39 is 5.97 Å². The summed E-state index contributed by atoms with van der Waals surface area (Å²) in [5.41, 5.74) is 0. The fourth-order valence-electron chi connectivity index (χ4n) is 2.60. The average Bonchev–Trinajstić information content (AvgIpc) is 2.17. The molecular formula is C10H18ClNO2. The molecule has 4 heteroatoms. The van der Waals surface area contributed by atoms with Crippen molar-refractivity contribution in [3.8, 4) is 0 Å². The number of rotatable bonds is 1. The third-order valence-corrected chi connectivity index (χ3v) is 3.40. The molecule has 2 rings (SSSR count). The molecule has 2 saturated heterocycles. The van der Waals surface area contributed by atoms with Gasteiger partial charge in [-0.05, 0) is 32.2 Å². The number of carboxylic acid groups (broad SMARTS) is 1. The van der Waals surface area contributed by atoms with Crippen molar-refractivity contribution in [2.24, 2.45) is 5.92 Å². The first-order valence-corrected chi connectivity index (χ1v) is 5.24. The highest BCUT2D eigenvalue weighted by Crippen LogP contribution is 2.28. The van der Waals surface area contributed by atoms with Crippen LogP contribution >= 0.6 is 12.4 Å². The zero-order chi connectivity index (χ0) is 9.26. The lowest BCUT2D eigenvalue weighted by molar-refractivity contribution is -0.144. The number of piperidine rings is 2. The zero-order valence-corrected chi connectivity index (χ0v) is 9.13. The lowest BCUT2D eigenvalue weighted by Gasteiger charge is -2.41. The molecule has 0 saturated carbocycles.